The summed E-state index contributed by atoms with van der Waals surface area (Å²) in [5.41, 5.74) is 11.8. The van der Waals surface area contributed by atoms with E-state index in [0.717, 1.165) is 55.3 Å². The van der Waals surface area contributed by atoms with Crippen molar-refractivity contribution in [1.82, 2.24) is 29.9 Å². The van der Waals surface area contributed by atoms with E-state index in [9.17, 15) is 5.11 Å². The number of hydrogen-bond acceptors (Lipinski definition) is 7. The predicted molar refractivity (Wildman–Crippen MR) is 171 cm³/mol. The van der Waals surface area contributed by atoms with Gasteiger partial charge in [0, 0.05) is 11.1 Å². The van der Waals surface area contributed by atoms with Gasteiger partial charge in [-0.05, 0) is 66.2 Å². The molecule has 0 spiro atoms. The molecular formula is C36H20N6O. The summed E-state index contributed by atoms with van der Waals surface area (Å²) in [6.45, 7) is 0. The van der Waals surface area contributed by atoms with Crippen LogP contribution in [0.3, 0.4) is 0 Å². The van der Waals surface area contributed by atoms with Crippen molar-refractivity contribution in [3.05, 3.63) is 115 Å². The first kappa shape index (κ1) is 23.6. The minimum Gasteiger partial charge on any atom is -0.507 e. The molecule has 3 heterocycles. The number of hydrogen-bond donors (Lipinski definition) is 1. The zero-order valence-electron chi connectivity index (χ0n) is 22.6. The van der Waals surface area contributed by atoms with Gasteiger partial charge in [-0.25, -0.2) is 29.9 Å². The third-order valence-corrected chi connectivity index (χ3v) is 7.91. The molecule has 0 radical (unpaired) electrons. The summed E-state index contributed by atoms with van der Waals surface area (Å²) in [5, 5.41) is 11.6. The maximum absolute atomic E-state index is 11.6. The summed E-state index contributed by atoms with van der Waals surface area (Å²) < 4.78 is 0. The summed E-state index contributed by atoms with van der Waals surface area (Å²) in [4.78, 5) is 30.0. The van der Waals surface area contributed by atoms with Crippen LogP contribution in [-0.4, -0.2) is 35.0 Å². The Morgan fingerprint density at radius 3 is 1.28 bits per heavy atom. The van der Waals surface area contributed by atoms with E-state index in [1.54, 1.807) is 12.1 Å². The lowest BCUT2D eigenvalue weighted by atomic mass is 9.90. The van der Waals surface area contributed by atoms with E-state index in [-0.39, 0.29) is 5.75 Å². The van der Waals surface area contributed by atoms with Crippen LogP contribution in [0, 0.1) is 0 Å². The second-order valence-corrected chi connectivity index (χ2v) is 10.5. The fourth-order valence-corrected chi connectivity index (χ4v) is 5.95. The van der Waals surface area contributed by atoms with E-state index in [0.29, 0.717) is 33.2 Å². The molecule has 7 nitrogen and oxygen atoms in total. The molecule has 0 bridgehead atoms. The number of aromatic hydroxyl groups is 1. The van der Waals surface area contributed by atoms with Crippen molar-refractivity contribution in [1.29, 1.82) is 0 Å². The van der Waals surface area contributed by atoms with E-state index in [4.69, 9.17) is 29.9 Å². The van der Waals surface area contributed by atoms with Gasteiger partial charge in [-0.3, -0.25) is 0 Å². The fraction of sp³-hybridized carbons (Fsp3) is 0. The minimum absolute atomic E-state index is 0.0811. The molecule has 200 valence electrons. The fourth-order valence-electron chi connectivity index (χ4n) is 5.95. The summed E-state index contributed by atoms with van der Waals surface area (Å²) >= 11 is 0. The quantitative estimate of drug-likeness (QED) is 0.217. The lowest BCUT2D eigenvalue weighted by Crippen LogP contribution is -1.98. The first-order chi connectivity index (χ1) is 21.2. The third kappa shape index (κ3) is 3.62. The highest BCUT2D eigenvalue weighted by Crippen LogP contribution is 2.45. The van der Waals surface area contributed by atoms with Gasteiger partial charge < -0.3 is 5.11 Å². The van der Waals surface area contributed by atoms with Gasteiger partial charge in [0.05, 0.1) is 66.2 Å². The van der Waals surface area contributed by atoms with E-state index in [2.05, 4.69) is 0 Å². The highest BCUT2D eigenvalue weighted by Gasteiger charge is 2.23. The van der Waals surface area contributed by atoms with Gasteiger partial charge >= 0.3 is 0 Å². The number of rotatable bonds is 2. The predicted octanol–water partition coefficient (Wildman–Crippen LogP) is 8.02. The van der Waals surface area contributed by atoms with Gasteiger partial charge in [-0.15, -0.1) is 0 Å². The Hall–Kier alpha value is -6.08. The van der Waals surface area contributed by atoms with Crippen molar-refractivity contribution < 1.29 is 5.11 Å². The van der Waals surface area contributed by atoms with Crippen molar-refractivity contribution in [3.63, 3.8) is 0 Å². The van der Waals surface area contributed by atoms with Crippen LogP contribution in [0.5, 0.6) is 5.75 Å². The van der Waals surface area contributed by atoms with Crippen LogP contribution in [0.1, 0.15) is 0 Å². The van der Waals surface area contributed by atoms with Crippen LogP contribution >= 0.6 is 0 Å². The van der Waals surface area contributed by atoms with Crippen molar-refractivity contribution in [3.8, 4) is 28.0 Å². The average Bonchev–Trinajstić information content (AvgIpc) is 3.05. The van der Waals surface area contributed by atoms with Crippen LogP contribution in [0.15, 0.2) is 115 Å². The molecule has 9 rings (SSSR count). The number of phenolic OH excluding ortho intramolecular Hbond substituents is 1. The first-order valence-corrected chi connectivity index (χ1v) is 14.0. The Kier molecular flexibility index (Phi) is 4.92. The molecule has 7 heteroatoms. The molecule has 0 unspecified atom stereocenters. The lowest BCUT2D eigenvalue weighted by Gasteiger charge is -2.17. The minimum atomic E-state index is 0.0811. The highest BCUT2D eigenvalue weighted by molar-refractivity contribution is 6.13. The summed E-state index contributed by atoms with van der Waals surface area (Å²) in [7, 11) is 0. The molecule has 0 aliphatic heterocycles. The number of nitrogens with zero attached hydrogens (tertiary/aromatic N) is 6. The summed E-state index contributed by atoms with van der Waals surface area (Å²) in [6, 6.07) is 36.9. The van der Waals surface area contributed by atoms with Crippen molar-refractivity contribution in [2.75, 3.05) is 0 Å². The number of fused-ring (bicyclic) bond motifs is 6. The molecule has 0 aliphatic carbocycles. The average molecular weight is 553 g/mol. The highest BCUT2D eigenvalue weighted by atomic mass is 16.3. The monoisotopic (exact) mass is 552 g/mol. The zero-order chi connectivity index (χ0) is 28.5. The molecule has 43 heavy (non-hydrogen) atoms. The van der Waals surface area contributed by atoms with Crippen LogP contribution in [0.2, 0.25) is 0 Å². The molecule has 6 aromatic carbocycles. The van der Waals surface area contributed by atoms with Gasteiger partial charge in [0.1, 0.15) is 11.3 Å². The largest absolute Gasteiger partial charge is 0.507 e. The smallest absolute Gasteiger partial charge is 0.125 e. The Morgan fingerprint density at radius 1 is 0.302 bits per heavy atom. The molecule has 0 saturated carbocycles. The SMILES string of the molecule is Oc1ccc2nc3ccccc3nc2c1-c1c(-c2cccc3nc4ccccc4nc23)ccc2nc3ccccc3nc12. The molecule has 0 amide bonds. The topological polar surface area (TPSA) is 97.6 Å². The zero-order valence-corrected chi connectivity index (χ0v) is 22.6. The molecule has 1 N–H and O–H groups in total. The molecule has 0 atom stereocenters. The standard InChI is InChI=1S/C36H20N6O/c43-31-19-18-30-36(42-27-14-6-3-11-24(27)39-30)33(31)32-20(16-17-29-35(32)41-26-13-5-2-10-23(26)38-29)21-8-7-15-28-34(21)40-25-12-4-1-9-22(25)37-28/h1-19,43H. The van der Waals surface area contributed by atoms with Gasteiger partial charge in [0.2, 0.25) is 0 Å². The van der Waals surface area contributed by atoms with E-state index in [1.807, 2.05) is 103 Å². The second kappa shape index (κ2) is 8.96. The third-order valence-electron chi connectivity index (χ3n) is 7.91. The van der Waals surface area contributed by atoms with E-state index >= 15 is 0 Å². The Balaban J connectivity index is 1.47. The van der Waals surface area contributed by atoms with Crippen LogP contribution in [-0.2, 0) is 0 Å². The molecule has 3 aromatic heterocycles. The molecular weight excluding hydrogens is 532 g/mol. The molecule has 0 saturated heterocycles. The Bertz CT molecular complexity index is 2600. The number of para-hydroxylation sites is 7. The summed E-state index contributed by atoms with van der Waals surface area (Å²) in [5.74, 6) is 0.0811. The molecule has 9 aromatic rings. The number of benzene rings is 6. The van der Waals surface area contributed by atoms with Gasteiger partial charge in [-0.1, -0.05) is 54.6 Å². The maximum atomic E-state index is 11.6. The maximum Gasteiger partial charge on any atom is 0.125 e. The lowest BCUT2D eigenvalue weighted by molar-refractivity contribution is 0.478. The Morgan fingerprint density at radius 2 is 0.721 bits per heavy atom. The van der Waals surface area contributed by atoms with Gasteiger partial charge in [-0.2, -0.15) is 0 Å². The van der Waals surface area contributed by atoms with Gasteiger partial charge in [0.25, 0.3) is 0 Å². The van der Waals surface area contributed by atoms with Gasteiger partial charge in [0.15, 0.2) is 0 Å². The number of aromatic nitrogens is 6. The second-order valence-electron chi connectivity index (χ2n) is 10.5. The molecule has 0 aliphatic rings. The van der Waals surface area contributed by atoms with E-state index in [1.165, 1.54) is 0 Å². The normalized spacial score (nSPS) is 11.8. The van der Waals surface area contributed by atoms with Crippen molar-refractivity contribution >= 4 is 66.2 Å². The van der Waals surface area contributed by atoms with Crippen molar-refractivity contribution in [2.45, 2.75) is 0 Å². The number of phenols is 1. The molecule has 0 fully saturated rings. The van der Waals surface area contributed by atoms with Crippen molar-refractivity contribution in [2.24, 2.45) is 0 Å². The van der Waals surface area contributed by atoms with Crippen LogP contribution in [0.25, 0.3) is 88.5 Å². The summed E-state index contributed by atoms with van der Waals surface area (Å²) in [6.07, 6.45) is 0. The van der Waals surface area contributed by atoms with E-state index < -0.39 is 0 Å². The first-order valence-electron chi connectivity index (χ1n) is 14.0. The van der Waals surface area contributed by atoms with Crippen LogP contribution < -0.4 is 0 Å². The van der Waals surface area contributed by atoms with Crippen LogP contribution in [0.4, 0.5) is 0 Å². The Labute approximate surface area is 244 Å².